The number of aromatic amines is 1. The quantitative estimate of drug-likeness (QED) is 0.256. The highest BCUT2D eigenvalue weighted by molar-refractivity contribution is 5.85. The number of H-pyrrole nitrogens is 1. The summed E-state index contributed by atoms with van der Waals surface area (Å²) in [5, 5.41) is 8.41. The molecule has 2 heterocycles. The van der Waals surface area contributed by atoms with Gasteiger partial charge in [-0.15, -0.1) is 0 Å². The Labute approximate surface area is 184 Å². The third-order valence-corrected chi connectivity index (χ3v) is 4.88. The number of amides is 2. The van der Waals surface area contributed by atoms with E-state index in [4.69, 9.17) is 5.73 Å². The van der Waals surface area contributed by atoms with E-state index in [9.17, 15) is 19.2 Å². The summed E-state index contributed by atoms with van der Waals surface area (Å²) in [4.78, 5) is 60.6. The highest BCUT2D eigenvalue weighted by Gasteiger charge is 2.16. The van der Waals surface area contributed by atoms with Crippen LogP contribution in [0.5, 0.6) is 0 Å². The number of anilines is 2. The number of carbonyl (C=O) groups is 2. The monoisotopic (exact) mass is 449 g/mol. The molecule has 2 aromatic heterocycles. The van der Waals surface area contributed by atoms with Gasteiger partial charge >= 0.3 is 5.69 Å². The van der Waals surface area contributed by atoms with E-state index >= 15 is 0 Å². The number of hydrogen-bond acceptors (Lipinski definition) is 9. The zero-order chi connectivity index (χ0) is 23.7. The van der Waals surface area contributed by atoms with Crippen LogP contribution in [0, 0.1) is 0 Å². The van der Waals surface area contributed by atoms with Crippen LogP contribution in [-0.2, 0) is 16.1 Å². The summed E-state index contributed by atoms with van der Waals surface area (Å²) in [6, 6.07) is 0. The molecule has 6 N–H and O–H groups in total. The van der Waals surface area contributed by atoms with E-state index < -0.39 is 11.2 Å². The van der Waals surface area contributed by atoms with Gasteiger partial charge in [0.1, 0.15) is 11.2 Å². The van der Waals surface area contributed by atoms with Crippen LogP contribution in [0.3, 0.4) is 0 Å². The molecule has 13 nitrogen and oxygen atoms in total. The van der Waals surface area contributed by atoms with Crippen LogP contribution >= 0.6 is 0 Å². The van der Waals surface area contributed by atoms with Crippen LogP contribution in [0.25, 0.3) is 11.0 Å². The molecule has 0 bridgehead atoms. The number of hydrogen-bond donors (Lipinski definition) is 5. The SMILES string of the molecule is CCC(=O)NCCN(CCNC(=O)CC)CCn1c(=O)nc(N)c2c(=O)[nH]c(NC)nc21. The van der Waals surface area contributed by atoms with Gasteiger partial charge in [-0.1, -0.05) is 13.8 Å². The minimum absolute atomic E-state index is 0.0422. The Kier molecular flexibility index (Phi) is 9.13. The molecule has 2 amide bonds. The molecule has 0 radical (unpaired) electrons. The maximum Gasteiger partial charge on any atom is 0.351 e. The highest BCUT2D eigenvalue weighted by atomic mass is 16.2. The van der Waals surface area contributed by atoms with Crippen molar-refractivity contribution in [3.05, 3.63) is 20.8 Å². The lowest BCUT2D eigenvalue weighted by atomic mass is 10.3. The van der Waals surface area contributed by atoms with Crippen LogP contribution in [0.1, 0.15) is 26.7 Å². The van der Waals surface area contributed by atoms with Crippen LogP contribution in [0.4, 0.5) is 11.8 Å². The smallest absolute Gasteiger partial charge is 0.351 e. The first-order valence-electron chi connectivity index (χ1n) is 10.5. The Morgan fingerprint density at radius 3 is 2.16 bits per heavy atom. The van der Waals surface area contributed by atoms with Crippen molar-refractivity contribution in [2.75, 3.05) is 50.8 Å². The molecule has 2 rings (SSSR count). The predicted octanol–water partition coefficient (Wildman–Crippen LogP) is -1.54. The number of nitrogens with two attached hydrogens (primary N) is 1. The largest absolute Gasteiger partial charge is 0.383 e. The van der Waals surface area contributed by atoms with Gasteiger partial charge in [0, 0.05) is 59.2 Å². The summed E-state index contributed by atoms with van der Waals surface area (Å²) in [5.74, 6) is -0.101. The van der Waals surface area contributed by atoms with Gasteiger partial charge in [-0.2, -0.15) is 9.97 Å². The molecular formula is C19H31N9O4. The Morgan fingerprint density at radius 2 is 1.62 bits per heavy atom. The van der Waals surface area contributed by atoms with Crippen LogP contribution < -0.4 is 32.9 Å². The fraction of sp³-hybridized carbons (Fsp3) is 0.579. The zero-order valence-corrected chi connectivity index (χ0v) is 18.7. The number of aromatic nitrogens is 4. The normalized spacial score (nSPS) is 11.0. The van der Waals surface area contributed by atoms with E-state index in [2.05, 4.69) is 30.9 Å². The second-order valence-corrected chi connectivity index (χ2v) is 7.04. The van der Waals surface area contributed by atoms with Crippen molar-refractivity contribution >= 4 is 34.6 Å². The first-order chi connectivity index (χ1) is 15.3. The molecule has 2 aromatic rings. The molecule has 176 valence electrons. The Bertz CT molecular complexity index is 1040. The fourth-order valence-electron chi connectivity index (χ4n) is 3.05. The van der Waals surface area contributed by atoms with Gasteiger partial charge in [0.15, 0.2) is 5.65 Å². The molecule has 0 unspecified atom stereocenters. The van der Waals surface area contributed by atoms with E-state index in [1.54, 1.807) is 20.9 Å². The van der Waals surface area contributed by atoms with Crippen molar-refractivity contribution in [3.63, 3.8) is 0 Å². The Hall–Kier alpha value is -3.48. The number of nitrogen functional groups attached to an aromatic ring is 1. The average molecular weight is 450 g/mol. The molecule has 0 aliphatic carbocycles. The van der Waals surface area contributed by atoms with Gasteiger partial charge in [-0.05, 0) is 0 Å². The van der Waals surface area contributed by atoms with Gasteiger partial charge in [0.2, 0.25) is 17.8 Å². The summed E-state index contributed by atoms with van der Waals surface area (Å²) in [5.41, 5.74) is 4.81. The molecular weight excluding hydrogens is 418 g/mol. The topological polar surface area (TPSA) is 180 Å². The molecule has 0 spiro atoms. The summed E-state index contributed by atoms with van der Waals surface area (Å²) >= 11 is 0. The number of nitrogens with zero attached hydrogens (tertiary/aromatic N) is 4. The lowest BCUT2D eigenvalue weighted by molar-refractivity contribution is -0.121. The zero-order valence-electron chi connectivity index (χ0n) is 18.7. The number of carbonyl (C=O) groups excluding carboxylic acids is 2. The van der Waals surface area contributed by atoms with E-state index in [0.29, 0.717) is 45.6 Å². The van der Waals surface area contributed by atoms with E-state index in [0.717, 1.165) is 0 Å². The lowest BCUT2D eigenvalue weighted by Crippen LogP contribution is -2.41. The van der Waals surface area contributed by atoms with Crippen LogP contribution in [-0.4, -0.2) is 76.0 Å². The maximum atomic E-state index is 12.5. The van der Waals surface area contributed by atoms with Gasteiger partial charge in [0.25, 0.3) is 5.56 Å². The van der Waals surface area contributed by atoms with Crippen molar-refractivity contribution in [2.45, 2.75) is 33.2 Å². The Morgan fingerprint density at radius 1 is 1.03 bits per heavy atom. The van der Waals surface area contributed by atoms with Crippen molar-refractivity contribution in [2.24, 2.45) is 0 Å². The third kappa shape index (κ3) is 6.51. The molecule has 0 aliphatic rings. The van der Waals surface area contributed by atoms with Crippen molar-refractivity contribution in [3.8, 4) is 0 Å². The first-order valence-corrected chi connectivity index (χ1v) is 10.5. The second kappa shape index (κ2) is 11.8. The van der Waals surface area contributed by atoms with Crippen LogP contribution in [0.15, 0.2) is 9.59 Å². The third-order valence-electron chi connectivity index (χ3n) is 4.88. The van der Waals surface area contributed by atoms with Crippen molar-refractivity contribution in [1.82, 2.24) is 35.1 Å². The summed E-state index contributed by atoms with van der Waals surface area (Å²) in [6.07, 6.45) is 0.776. The minimum atomic E-state index is -0.617. The molecule has 0 saturated heterocycles. The van der Waals surface area contributed by atoms with Gasteiger partial charge in [-0.3, -0.25) is 28.8 Å². The van der Waals surface area contributed by atoms with E-state index in [1.165, 1.54) is 4.57 Å². The molecule has 0 fully saturated rings. The molecule has 0 aromatic carbocycles. The molecule has 13 heteroatoms. The van der Waals surface area contributed by atoms with Gasteiger partial charge < -0.3 is 21.7 Å². The number of nitrogens with one attached hydrogen (secondary N) is 4. The lowest BCUT2D eigenvalue weighted by Gasteiger charge is -2.23. The van der Waals surface area contributed by atoms with Crippen molar-refractivity contribution in [1.29, 1.82) is 0 Å². The van der Waals surface area contributed by atoms with Gasteiger partial charge in [-0.25, -0.2) is 4.79 Å². The molecule has 0 saturated carbocycles. The molecule has 0 aliphatic heterocycles. The fourth-order valence-corrected chi connectivity index (χ4v) is 3.05. The standard InChI is InChI=1S/C19H31N9O4/c1-4-12(29)22-6-8-27(9-7-23-13(30)5-2)10-11-28-16-14(15(20)24-19(28)32)17(31)26-18(21-3)25-16/h4-11H2,1-3H3,(H,22,29)(H,23,30)(H2,20,24,32)(H2,21,25,26,31). The average Bonchev–Trinajstić information content (AvgIpc) is 2.77. The molecule has 32 heavy (non-hydrogen) atoms. The molecule has 0 atom stereocenters. The summed E-state index contributed by atoms with van der Waals surface area (Å²) in [7, 11) is 1.59. The Balaban J connectivity index is 2.23. The highest BCUT2D eigenvalue weighted by Crippen LogP contribution is 2.11. The number of fused-ring (bicyclic) bond motifs is 1. The predicted molar refractivity (Wildman–Crippen MR) is 121 cm³/mol. The minimum Gasteiger partial charge on any atom is -0.383 e. The van der Waals surface area contributed by atoms with Crippen LogP contribution in [0.2, 0.25) is 0 Å². The van der Waals surface area contributed by atoms with Gasteiger partial charge in [0.05, 0.1) is 0 Å². The van der Waals surface area contributed by atoms with Crippen molar-refractivity contribution < 1.29 is 9.59 Å². The second-order valence-electron chi connectivity index (χ2n) is 7.04. The number of rotatable bonds is 12. The van der Waals surface area contributed by atoms with E-state index in [-0.39, 0.29) is 41.2 Å². The first kappa shape index (κ1) is 24.8. The summed E-state index contributed by atoms with van der Waals surface area (Å²) < 4.78 is 1.30. The maximum absolute atomic E-state index is 12.5. The summed E-state index contributed by atoms with van der Waals surface area (Å²) in [6.45, 7) is 5.99. The van der Waals surface area contributed by atoms with E-state index in [1.807, 2.05) is 4.90 Å².